The van der Waals surface area contributed by atoms with E-state index in [0.717, 1.165) is 23.4 Å². The summed E-state index contributed by atoms with van der Waals surface area (Å²) >= 11 is 1.69. The Morgan fingerprint density at radius 1 is 1.11 bits per heavy atom. The van der Waals surface area contributed by atoms with Crippen LogP contribution in [0.5, 0.6) is 0 Å². The molecule has 0 fully saturated rings. The number of thiazole rings is 1. The number of nitrogens with one attached hydrogen (secondary N) is 1. The van der Waals surface area contributed by atoms with Crippen LogP contribution in [0.25, 0.3) is 10.2 Å². The summed E-state index contributed by atoms with van der Waals surface area (Å²) in [6.07, 6.45) is 3.31. The Kier molecular flexibility index (Phi) is 5.34. The van der Waals surface area contributed by atoms with Gasteiger partial charge in [0.25, 0.3) is 11.5 Å². The highest BCUT2D eigenvalue weighted by atomic mass is 32.1. The van der Waals surface area contributed by atoms with E-state index in [-0.39, 0.29) is 17.2 Å². The fourth-order valence-corrected chi connectivity index (χ4v) is 3.91. The first-order chi connectivity index (χ1) is 13.7. The van der Waals surface area contributed by atoms with Crippen LogP contribution in [0.1, 0.15) is 27.7 Å². The fraction of sp³-hybridized carbons (Fsp3) is 0.190. The van der Waals surface area contributed by atoms with E-state index in [0.29, 0.717) is 18.8 Å². The number of aromatic nitrogens is 2. The molecule has 1 aromatic carbocycles. The lowest BCUT2D eigenvalue weighted by atomic mass is 10.3. The van der Waals surface area contributed by atoms with Crippen LogP contribution in [0, 0.1) is 0 Å². The summed E-state index contributed by atoms with van der Waals surface area (Å²) in [7, 11) is 0. The number of benzene rings is 1. The molecule has 0 atom stereocenters. The van der Waals surface area contributed by atoms with Gasteiger partial charge in [-0.05, 0) is 36.8 Å². The summed E-state index contributed by atoms with van der Waals surface area (Å²) in [6.45, 7) is 0.841. The van der Waals surface area contributed by atoms with Crippen LogP contribution < -0.4 is 10.9 Å². The molecular weight excluding hydrogens is 374 g/mol. The van der Waals surface area contributed by atoms with E-state index in [2.05, 4.69) is 16.4 Å². The Bertz CT molecular complexity index is 1130. The molecule has 28 heavy (non-hydrogen) atoms. The van der Waals surface area contributed by atoms with E-state index in [1.165, 1.54) is 15.3 Å². The maximum Gasteiger partial charge on any atom is 0.286 e. The number of carbonyl (C=O) groups excluding carboxylic acids is 1. The predicted molar refractivity (Wildman–Crippen MR) is 109 cm³/mol. The molecule has 0 saturated heterocycles. The number of fused-ring (bicyclic) bond motifs is 1. The van der Waals surface area contributed by atoms with Crippen molar-refractivity contribution in [2.45, 2.75) is 19.4 Å². The highest BCUT2D eigenvalue weighted by Crippen LogP contribution is 2.22. The first-order valence-corrected chi connectivity index (χ1v) is 9.87. The molecule has 0 aliphatic heterocycles. The molecule has 0 aliphatic carbocycles. The minimum Gasteiger partial charge on any atom is -0.454 e. The molecule has 0 bridgehead atoms. The number of nitrogens with zero attached hydrogens (tertiary/aromatic N) is 2. The summed E-state index contributed by atoms with van der Waals surface area (Å²) in [4.78, 5) is 28.6. The topological polar surface area (TPSA) is 77.1 Å². The molecule has 7 heteroatoms. The maximum absolute atomic E-state index is 12.2. The van der Waals surface area contributed by atoms with Crippen molar-refractivity contribution < 1.29 is 9.21 Å². The van der Waals surface area contributed by atoms with Gasteiger partial charge in [0.05, 0.1) is 21.8 Å². The van der Waals surface area contributed by atoms with Gasteiger partial charge in [-0.15, -0.1) is 11.3 Å². The summed E-state index contributed by atoms with van der Waals surface area (Å²) in [5, 5.41) is 3.94. The normalized spacial score (nSPS) is 11.0. The third-order valence-electron chi connectivity index (χ3n) is 4.30. The first kappa shape index (κ1) is 18.2. The van der Waals surface area contributed by atoms with Crippen molar-refractivity contribution >= 4 is 27.5 Å². The number of hydrogen-bond donors (Lipinski definition) is 1. The lowest BCUT2D eigenvalue weighted by molar-refractivity contribution is 0.0923. The molecule has 142 valence electrons. The van der Waals surface area contributed by atoms with Crippen LogP contribution in [0.3, 0.4) is 0 Å². The Balaban J connectivity index is 1.27. The average molecular weight is 393 g/mol. The van der Waals surface area contributed by atoms with Crippen LogP contribution in [-0.2, 0) is 13.0 Å². The van der Waals surface area contributed by atoms with Crippen molar-refractivity contribution in [3.05, 3.63) is 87.7 Å². The van der Waals surface area contributed by atoms with E-state index in [4.69, 9.17) is 4.42 Å². The number of carbonyl (C=O) groups is 1. The summed E-state index contributed by atoms with van der Waals surface area (Å²) in [6, 6.07) is 16.4. The number of para-hydroxylation sites is 1. The molecule has 0 radical (unpaired) electrons. The standard InChI is InChI=1S/C21H19N3O3S/c25-20-9-3-4-13-24(20)14-15-10-11-17(27-15)21(26)22-12-5-8-19-23-16-6-1-2-7-18(16)28-19/h1-4,6-7,9-11,13H,5,8,12,14H2,(H,22,26). The quantitative estimate of drug-likeness (QED) is 0.488. The highest BCUT2D eigenvalue weighted by Gasteiger charge is 2.11. The second kappa shape index (κ2) is 8.22. The number of furan rings is 1. The molecule has 3 heterocycles. The summed E-state index contributed by atoms with van der Waals surface area (Å²) in [5.41, 5.74) is 0.909. The number of amides is 1. The van der Waals surface area contributed by atoms with Gasteiger partial charge in [-0.2, -0.15) is 0 Å². The minimum atomic E-state index is -0.254. The molecule has 3 aromatic heterocycles. The first-order valence-electron chi connectivity index (χ1n) is 9.06. The van der Waals surface area contributed by atoms with Gasteiger partial charge in [-0.25, -0.2) is 4.98 Å². The van der Waals surface area contributed by atoms with Crippen molar-refractivity contribution in [1.29, 1.82) is 0 Å². The second-order valence-electron chi connectivity index (χ2n) is 6.37. The van der Waals surface area contributed by atoms with E-state index in [1.54, 1.807) is 41.8 Å². The molecule has 0 aliphatic rings. The molecule has 0 saturated carbocycles. The SMILES string of the molecule is O=C(NCCCc1nc2ccccc2s1)c1ccc(Cn2ccccc2=O)o1. The zero-order valence-corrected chi connectivity index (χ0v) is 15.9. The van der Waals surface area contributed by atoms with E-state index in [1.807, 2.05) is 18.2 Å². The maximum atomic E-state index is 12.2. The Labute approximate surface area is 165 Å². The van der Waals surface area contributed by atoms with Crippen molar-refractivity contribution in [2.75, 3.05) is 6.54 Å². The van der Waals surface area contributed by atoms with Gasteiger partial charge >= 0.3 is 0 Å². The second-order valence-corrected chi connectivity index (χ2v) is 7.48. The van der Waals surface area contributed by atoms with Gasteiger partial charge in [-0.1, -0.05) is 18.2 Å². The minimum absolute atomic E-state index is 0.111. The van der Waals surface area contributed by atoms with Crippen LogP contribution in [0.15, 0.2) is 70.0 Å². The van der Waals surface area contributed by atoms with E-state index >= 15 is 0 Å². The number of hydrogen-bond acceptors (Lipinski definition) is 5. The molecule has 0 unspecified atom stereocenters. The monoisotopic (exact) mass is 393 g/mol. The number of rotatable bonds is 7. The highest BCUT2D eigenvalue weighted by molar-refractivity contribution is 7.18. The van der Waals surface area contributed by atoms with Gasteiger partial charge < -0.3 is 14.3 Å². The Morgan fingerprint density at radius 2 is 1.96 bits per heavy atom. The summed E-state index contributed by atoms with van der Waals surface area (Å²) < 4.78 is 8.29. The van der Waals surface area contributed by atoms with Crippen LogP contribution in [0.2, 0.25) is 0 Å². The molecule has 1 amide bonds. The number of pyridine rings is 1. The van der Waals surface area contributed by atoms with Gasteiger partial charge in [0, 0.05) is 25.2 Å². The zero-order chi connectivity index (χ0) is 19.3. The summed E-state index contributed by atoms with van der Waals surface area (Å²) in [5.74, 6) is 0.558. The van der Waals surface area contributed by atoms with Crippen molar-refractivity contribution in [1.82, 2.24) is 14.9 Å². The Morgan fingerprint density at radius 3 is 2.82 bits per heavy atom. The van der Waals surface area contributed by atoms with Crippen molar-refractivity contribution in [2.24, 2.45) is 0 Å². The van der Waals surface area contributed by atoms with E-state index in [9.17, 15) is 9.59 Å². The van der Waals surface area contributed by atoms with Crippen LogP contribution >= 0.6 is 11.3 Å². The largest absolute Gasteiger partial charge is 0.454 e. The Hall–Kier alpha value is -3.19. The molecule has 0 spiro atoms. The third kappa shape index (κ3) is 4.20. The zero-order valence-electron chi connectivity index (χ0n) is 15.1. The lowest BCUT2D eigenvalue weighted by Gasteiger charge is -2.03. The molecule has 6 nitrogen and oxygen atoms in total. The van der Waals surface area contributed by atoms with E-state index < -0.39 is 0 Å². The van der Waals surface area contributed by atoms with Gasteiger partial charge in [-0.3, -0.25) is 9.59 Å². The smallest absolute Gasteiger partial charge is 0.286 e. The fourth-order valence-electron chi connectivity index (χ4n) is 2.90. The molecule has 4 aromatic rings. The average Bonchev–Trinajstić information content (AvgIpc) is 3.33. The molecule has 4 rings (SSSR count). The van der Waals surface area contributed by atoms with Crippen molar-refractivity contribution in [3.63, 3.8) is 0 Å². The molecule has 1 N–H and O–H groups in total. The number of aryl methyl sites for hydroxylation is 1. The third-order valence-corrected chi connectivity index (χ3v) is 5.40. The van der Waals surface area contributed by atoms with Crippen LogP contribution in [0.4, 0.5) is 0 Å². The lowest BCUT2D eigenvalue weighted by Crippen LogP contribution is -2.24. The molecular formula is C21H19N3O3S. The van der Waals surface area contributed by atoms with Gasteiger partial charge in [0.15, 0.2) is 5.76 Å². The van der Waals surface area contributed by atoms with Crippen molar-refractivity contribution in [3.8, 4) is 0 Å². The predicted octanol–water partition coefficient (Wildman–Crippen LogP) is 3.46. The van der Waals surface area contributed by atoms with Gasteiger partial charge in [0.1, 0.15) is 5.76 Å². The van der Waals surface area contributed by atoms with Crippen LogP contribution in [-0.4, -0.2) is 22.0 Å². The van der Waals surface area contributed by atoms with Gasteiger partial charge in [0.2, 0.25) is 0 Å².